The van der Waals surface area contributed by atoms with E-state index in [1.807, 2.05) is 0 Å². The highest BCUT2D eigenvalue weighted by molar-refractivity contribution is 7.90. The van der Waals surface area contributed by atoms with Crippen molar-refractivity contribution in [1.29, 1.82) is 0 Å². The molecule has 0 spiro atoms. The largest absolute Gasteiger partial charge is 0.406 e. The minimum atomic E-state index is -4.43. The van der Waals surface area contributed by atoms with Gasteiger partial charge in [-0.2, -0.15) is 13.2 Å². The monoisotopic (exact) mass is 332 g/mol. The fraction of sp³-hybridized carbons (Fsp3) is 0.357. The average Bonchev–Trinajstić information content (AvgIpc) is 2.83. The summed E-state index contributed by atoms with van der Waals surface area (Å²) in [5.41, 5.74) is 0.594. The average molecular weight is 332 g/mol. The van der Waals surface area contributed by atoms with E-state index >= 15 is 0 Å². The van der Waals surface area contributed by atoms with Crippen molar-refractivity contribution in [3.05, 3.63) is 54.1 Å². The summed E-state index contributed by atoms with van der Waals surface area (Å²) >= 11 is 0. The Morgan fingerprint density at radius 1 is 1.23 bits per heavy atom. The van der Waals surface area contributed by atoms with E-state index in [0.717, 1.165) is 10.8 Å². The number of rotatable bonds is 5. The number of alkyl halides is 3. The van der Waals surface area contributed by atoms with Crippen LogP contribution < -0.4 is 0 Å². The molecule has 1 aromatic carbocycles. The van der Waals surface area contributed by atoms with Gasteiger partial charge in [-0.15, -0.1) is 0 Å². The number of hydrogen-bond acceptors (Lipinski definition) is 3. The first-order valence-corrected chi connectivity index (χ1v) is 8.24. The maximum absolute atomic E-state index is 12.5. The highest BCUT2D eigenvalue weighted by Gasteiger charge is 2.31. The lowest BCUT2D eigenvalue weighted by atomic mass is 10.2. The van der Waals surface area contributed by atoms with E-state index in [1.54, 1.807) is 30.3 Å². The molecule has 0 aliphatic rings. The molecule has 120 valence electrons. The van der Waals surface area contributed by atoms with Crippen LogP contribution in [0.15, 0.2) is 42.7 Å². The summed E-state index contributed by atoms with van der Waals surface area (Å²) in [6.45, 7) is 0.263. The molecule has 0 bridgehead atoms. The molecule has 4 nitrogen and oxygen atoms in total. The van der Waals surface area contributed by atoms with E-state index in [-0.39, 0.29) is 5.82 Å². The quantitative estimate of drug-likeness (QED) is 0.845. The molecule has 1 heterocycles. The summed E-state index contributed by atoms with van der Waals surface area (Å²) in [5.74, 6) is -0.647. The lowest BCUT2D eigenvalue weighted by Crippen LogP contribution is -2.21. The number of imidazole rings is 1. The van der Waals surface area contributed by atoms with Crippen LogP contribution in [-0.2, 0) is 22.1 Å². The van der Waals surface area contributed by atoms with Gasteiger partial charge in [0.1, 0.15) is 18.1 Å². The van der Waals surface area contributed by atoms with E-state index in [9.17, 15) is 21.6 Å². The van der Waals surface area contributed by atoms with Gasteiger partial charge in [0, 0.05) is 12.4 Å². The fourth-order valence-corrected chi connectivity index (χ4v) is 3.48. The van der Waals surface area contributed by atoms with E-state index in [0.29, 0.717) is 5.56 Å². The van der Waals surface area contributed by atoms with Gasteiger partial charge in [0.05, 0.1) is 5.25 Å². The van der Waals surface area contributed by atoms with Crippen LogP contribution in [-0.4, -0.2) is 24.1 Å². The second-order valence-corrected chi connectivity index (χ2v) is 7.27. The Balaban J connectivity index is 2.21. The standard InChI is InChI=1S/C14H15F3N2O2S/c1-11(12-5-3-2-4-6-12)22(20,21)9-13-18-7-8-19(13)10-14(15,16)17/h2-8,11H,9-10H2,1H3. The highest BCUT2D eigenvalue weighted by Crippen LogP contribution is 2.25. The molecule has 8 heteroatoms. The van der Waals surface area contributed by atoms with Gasteiger partial charge in [0.15, 0.2) is 9.84 Å². The van der Waals surface area contributed by atoms with Crippen LogP contribution in [0.3, 0.4) is 0 Å². The number of sulfone groups is 1. The van der Waals surface area contributed by atoms with Crippen molar-refractivity contribution >= 4 is 9.84 Å². The Hall–Kier alpha value is -1.83. The van der Waals surface area contributed by atoms with E-state index < -0.39 is 33.6 Å². The van der Waals surface area contributed by atoms with E-state index in [4.69, 9.17) is 0 Å². The van der Waals surface area contributed by atoms with Gasteiger partial charge in [0.2, 0.25) is 0 Å². The van der Waals surface area contributed by atoms with Gasteiger partial charge in [-0.3, -0.25) is 0 Å². The normalized spacial score (nSPS) is 14.0. The molecule has 0 fully saturated rings. The molecule has 2 aromatic rings. The van der Waals surface area contributed by atoms with E-state index in [1.165, 1.54) is 13.1 Å². The first-order chi connectivity index (χ1) is 10.2. The molecule has 0 aliphatic heterocycles. The van der Waals surface area contributed by atoms with Gasteiger partial charge in [-0.05, 0) is 12.5 Å². The Morgan fingerprint density at radius 3 is 2.45 bits per heavy atom. The molecular formula is C14H15F3N2O2S. The summed E-state index contributed by atoms with van der Waals surface area (Å²) in [6, 6.07) is 8.53. The Bertz CT molecular complexity index is 724. The van der Waals surface area contributed by atoms with Crippen molar-refractivity contribution in [2.24, 2.45) is 0 Å². The predicted octanol–water partition coefficient (Wildman–Crippen LogP) is 3.12. The van der Waals surface area contributed by atoms with Gasteiger partial charge >= 0.3 is 6.18 Å². The molecule has 1 unspecified atom stereocenters. The van der Waals surface area contributed by atoms with Gasteiger partial charge in [-0.25, -0.2) is 13.4 Å². The minimum Gasteiger partial charge on any atom is -0.325 e. The lowest BCUT2D eigenvalue weighted by Gasteiger charge is -2.15. The Kier molecular flexibility index (Phi) is 4.60. The minimum absolute atomic E-state index is 0.111. The number of aromatic nitrogens is 2. The Labute approximate surface area is 126 Å². The third-order valence-corrected chi connectivity index (χ3v) is 5.30. The number of nitrogens with zero attached hydrogens (tertiary/aromatic N) is 2. The molecule has 0 N–H and O–H groups in total. The number of halogens is 3. The first kappa shape index (κ1) is 16.5. The second kappa shape index (κ2) is 6.12. The molecule has 1 aromatic heterocycles. The lowest BCUT2D eigenvalue weighted by molar-refractivity contribution is -0.141. The summed E-state index contributed by atoms with van der Waals surface area (Å²) in [6.07, 6.45) is -2.13. The topological polar surface area (TPSA) is 52.0 Å². The van der Waals surface area contributed by atoms with Crippen molar-refractivity contribution in [3.8, 4) is 0 Å². The SMILES string of the molecule is CC(c1ccccc1)S(=O)(=O)Cc1nccn1CC(F)(F)F. The number of hydrogen-bond donors (Lipinski definition) is 0. The van der Waals surface area contributed by atoms with Crippen molar-refractivity contribution < 1.29 is 21.6 Å². The van der Waals surface area contributed by atoms with Crippen LogP contribution in [0, 0.1) is 0 Å². The van der Waals surface area contributed by atoms with Crippen LogP contribution in [0.4, 0.5) is 13.2 Å². The molecule has 2 rings (SSSR count). The zero-order valence-electron chi connectivity index (χ0n) is 11.8. The summed E-state index contributed by atoms with van der Waals surface area (Å²) in [4.78, 5) is 3.75. The highest BCUT2D eigenvalue weighted by atomic mass is 32.2. The third kappa shape index (κ3) is 4.09. The maximum Gasteiger partial charge on any atom is 0.406 e. The first-order valence-electron chi connectivity index (χ1n) is 6.52. The van der Waals surface area contributed by atoms with Crippen LogP contribution in [0.2, 0.25) is 0 Å². The van der Waals surface area contributed by atoms with Crippen LogP contribution in [0.1, 0.15) is 23.6 Å². The van der Waals surface area contributed by atoms with Crippen molar-refractivity contribution in [1.82, 2.24) is 9.55 Å². The molecule has 1 atom stereocenters. The van der Waals surface area contributed by atoms with Crippen LogP contribution in [0.5, 0.6) is 0 Å². The molecule has 0 amide bonds. The molecule has 0 saturated heterocycles. The molecule has 22 heavy (non-hydrogen) atoms. The molecule has 0 radical (unpaired) electrons. The zero-order valence-corrected chi connectivity index (χ0v) is 12.6. The third-order valence-electron chi connectivity index (χ3n) is 3.29. The summed E-state index contributed by atoms with van der Waals surface area (Å²) in [5, 5.41) is -0.815. The number of benzene rings is 1. The van der Waals surface area contributed by atoms with Crippen molar-refractivity contribution in [2.75, 3.05) is 0 Å². The van der Waals surface area contributed by atoms with Crippen LogP contribution in [0.25, 0.3) is 0 Å². The zero-order chi connectivity index (χ0) is 16.4. The molecule has 0 aliphatic carbocycles. The fourth-order valence-electron chi connectivity index (χ4n) is 2.05. The van der Waals surface area contributed by atoms with Gasteiger partial charge in [0.25, 0.3) is 0 Å². The maximum atomic E-state index is 12.5. The molecule has 0 saturated carbocycles. The van der Waals surface area contributed by atoms with Crippen molar-refractivity contribution in [2.45, 2.75) is 30.6 Å². The Morgan fingerprint density at radius 2 is 1.86 bits per heavy atom. The summed E-state index contributed by atoms with van der Waals surface area (Å²) < 4.78 is 62.9. The summed E-state index contributed by atoms with van der Waals surface area (Å²) in [7, 11) is -3.67. The van der Waals surface area contributed by atoms with Gasteiger partial charge in [-0.1, -0.05) is 30.3 Å². The smallest absolute Gasteiger partial charge is 0.325 e. The van der Waals surface area contributed by atoms with Crippen LogP contribution >= 0.6 is 0 Å². The second-order valence-electron chi connectivity index (χ2n) is 4.95. The van der Waals surface area contributed by atoms with E-state index in [2.05, 4.69) is 4.98 Å². The van der Waals surface area contributed by atoms with Gasteiger partial charge < -0.3 is 4.57 Å². The predicted molar refractivity (Wildman–Crippen MR) is 75.8 cm³/mol. The molecular weight excluding hydrogens is 317 g/mol. The van der Waals surface area contributed by atoms with Crippen molar-refractivity contribution in [3.63, 3.8) is 0 Å².